The fourth-order valence-corrected chi connectivity index (χ4v) is 3.34. The zero-order valence-electron chi connectivity index (χ0n) is 11.5. The van der Waals surface area contributed by atoms with Crippen LogP contribution in [0.4, 0.5) is 0 Å². The average Bonchev–Trinajstić information content (AvgIpc) is 2.72. The van der Waals surface area contributed by atoms with E-state index in [0.29, 0.717) is 24.2 Å². The molecule has 1 aromatic rings. The highest BCUT2D eigenvalue weighted by atomic mass is 16.2. The summed E-state index contributed by atoms with van der Waals surface area (Å²) in [6, 6.07) is 7.07. The fourth-order valence-electron chi connectivity index (χ4n) is 3.34. The highest BCUT2D eigenvalue weighted by molar-refractivity contribution is 6.26. The molecule has 3 rings (SSSR count). The fraction of sp³-hybridized carbons (Fsp3) is 0.438. The second kappa shape index (κ2) is 4.85. The first-order chi connectivity index (χ1) is 9.59. The minimum atomic E-state index is -0.526. The quantitative estimate of drug-likeness (QED) is 0.733. The van der Waals surface area contributed by atoms with E-state index in [2.05, 4.69) is 0 Å². The molecule has 104 valence electrons. The Labute approximate surface area is 117 Å². The number of Topliss-reactive ketones (excluding diaryl/α,β-unsaturated/α-hetero) is 2. The van der Waals surface area contributed by atoms with Crippen LogP contribution < -0.4 is 0 Å². The summed E-state index contributed by atoms with van der Waals surface area (Å²) in [6.07, 6.45) is 1.46. The minimum Gasteiger partial charge on any atom is -0.343 e. The van der Waals surface area contributed by atoms with Gasteiger partial charge in [0.2, 0.25) is 5.91 Å². The molecule has 0 saturated carbocycles. The summed E-state index contributed by atoms with van der Waals surface area (Å²) in [6.45, 7) is 2.85. The van der Waals surface area contributed by atoms with Crippen LogP contribution in [0.5, 0.6) is 0 Å². The van der Waals surface area contributed by atoms with Crippen molar-refractivity contribution in [3.05, 3.63) is 35.4 Å². The molecule has 1 amide bonds. The molecule has 20 heavy (non-hydrogen) atoms. The van der Waals surface area contributed by atoms with E-state index >= 15 is 0 Å². The third-order valence-corrected chi connectivity index (χ3v) is 4.48. The highest BCUT2D eigenvalue weighted by Crippen LogP contribution is 2.36. The Bertz CT molecular complexity index is 550. The number of carbonyl (C=O) groups excluding carboxylic acids is 3. The summed E-state index contributed by atoms with van der Waals surface area (Å²) in [4.78, 5) is 38.0. The molecule has 1 saturated heterocycles. The lowest BCUT2D eigenvalue weighted by atomic mass is 9.81. The lowest BCUT2D eigenvalue weighted by Gasteiger charge is -2.33. The molecule has 4 heteroatoms. The lowest BCUT2D eigenvalue weighted by molar-refractivity contribution is -0.130. The van der Waals surface area contributed by atoms with Gasteiger partial charge in [0.25, 0.3) is 0 Å². The Morgan fingerprint density at radius 2 is 1.55 bits per heavy atom. The summed E-state index contributed by atoms with van der Waals surface area (Å²) in [5.41, 5.74) is 1.13. The predicted molar refractivity (Wildman–Crippen MR) is 73.6 cm³/mol. The zero-order valence-corrected chi connectivity index (χ0v) is 11.5. The van der Waals surface area contributed by atoms with E-state index in [1.807, 2.05) is 0 Å². The summed E-state index contributed by atoms with van der Waals surface area (Å²) in [5.74, 6) is -0.464. The first kappa shape index (κ1) is 13.0. The number of benzene rings is 1. The monoisotopic (exact) mass is 271 g/mol. The molecule has 1 aromatic carbocycles. The average molecular weight is 271 g/mol. The van der Waals surface area contributed by atoms with Gasteiger partial charge < -0.3 is 4.90 Å². The number of likely N-dealkylation sites (tertiary alicyclic amines) is 1. The van der Waals surface area contributed by atoms with Crippen LogP contribution >= 0.6 is 0 Å². The molecule has 0 atom stereocenters. The van der Waals surface area contributed by atoms with Gasteiger partial charge in [-0.2, -0.15) is 0 Å². The van der Waals surface area contributed by atoms with Crippen molar-refractivity contribution in [2.75, 3.05) is 13.1 Å². The van der Waals surface area contributed by atoms with Gasteiger partial charge in [-0.3, -0.25) is 14.4 Å². The zero-order chi connectivity index (χ0) is 14.3. The maximum absolute atomic E-state index is 12.4. The van der Waals surface area contributed by atoms with Crippen LogP contribution in [-0.2, 0) is 4.79 Å². The van der Waals surface area contributed by atoms with Crippen molar-refractivity contribution >= 4 is 17.5 Å². The maximum atomic E-state index is 12.4. The van der Waals surface area contributed by atoms with Crippen LogP contribution in [0.25, 0.3) is 0 Å². The van der Waals surface area contributed by atoms with Gasteiger partial charge in [-0.05, 0) is 18.8 Å². The van der Waals surface area contributed by atoms with Crippen LogP contribution in [0.3, 0.4) is 0 Å². The molecule has 0 radical (unpaired) electrons. The molecule has 2 aliphatic rings. The van der Waals surface area contributed by atoms with Gasteiger partial charge in [0.05, 0.1) is 5.92 Å². The molecule has 4 nitrogen and oxygen atoms in total. The Balaban J connectivity index is 1.79. The number of hydrogen-bond donors (Lipinski definition) is 0. The third-order valence-electron chi connectivity index (χ3n) is 4.48. The second-order valence-electron chi connectivity index (χ2n) is 5.60. The van der Waals surface area contributed by atoms with Crippen LogP contribution in [0.1, 0.15) is 40.5 Å². The Morgan fingerprint density at radius 3 is 2.00 bits per heavy atom. The number of fused-ring (bicyclic) bond motifs is 1. The van der Waals surface area contributed by atoms with E-state index in [0.717, 1.165) is 12.8 Å². The standard InChI is InChI=1S/C16H17NO3/c1-10(18)17-8-6-11(7-9-17)14-15(19)12-4-2-3-5-13(12)16(14)20/h2-5,11,14H,6-9H2,1H3. The number of ketones is 2. The number of hydrogen-bond acceptors (Lipinski definition) is 3. The van der Waals surface area contributed by atoms with Gasteiger partial charge in [0, 0.05) is 31.1 Å². The van der Waals surface area contributed by atoms with Crippen molar-refractivity contribution in [3.63, 3.8) is 0 Å². The summed E-state index contributed by atoms with van der Waals surface area (Å²) < 4.78 is 0. The molecule has 0 bridgehead atoms. The summed E-state index contributed by atoms with van der Waals surface area (Å²) in [5, 5.41) is 0. The predicted octanol–water partition coefficient (Wildman–Crippen LogP) is 1.94. The lowest BCUT2D eigenvalue weighted by Crippen LogP contribution is -2.40. The van der Waals surface area contributed by atoms with E-state index in [4.69, 9.17) is 0 Å². The molecule has 0 spiro atoms. The summed E-state index contributed by atoms with van der Waals surface area (Å²) >= 11 is 0. The Hall–Kier alpha value is -1.97. The Morgan fingerprint density at radius 1 is 1.05 bits per heavy atom. The van der Waals surface area contributed by atoms with E-state index in [1.165, 1.54) is 0 Å². The van der Waals surface area contributed by atoms with Crippen molar-refractivity contribution < 1.29 is 14.4 Å². The molecular weight excluding hydrogens is 254 g/mol. The number of rotatable bonds is 1. The van der Waals surface area contributed by atoms with E-state index in [9.17, 15) is 14.4 Å². The number of carbonyl (C=O) groups is 3. The minimum absolute atomic E-state index is 0.0353. The molecule has 0 unspecified atom stereocenters. The SMILES string of the molecule is CC(=O)N1CCC(C2C(=O)c3ccccc3C2=O)CC1. The van der Waals surface area contributed by atoms with Crippen LogP contribution in [0, 0.1) is 11.8 Å². The smallest absolute Gasteiger partial charge is 0.219 e. The first-order valence-electron chi connectivity index (χ1n) is 7.02. The normalized spacial score (nSPS) is 20.4. The van der Waals surface area contributed by atoms with Crippen molar-refractivity contribution in [1.82, 2.24) is 4.90 Å². The van der Waals surface area contributed by atoms with E-state index in [1.54, 1.807) is 36.1 Å². The largest absolute Gasteiger partial charge is 0.343 e. The highest BCUT2D eigenvalue weighted by Gasteiger charge is 2.43. The van der Waals surface area contributed by atoms with Crippen molar-refractivity contribution in [2.45, 2.75) is 19.8 Å². The first-order valence-corrected chi connectivity index (χ1v) is 7.02. The van der Waals surface area contributed by atoms with E-state index < -0.39 is 5.92 Å². The van der Waals surface area contributed by atoms with E-state index in [-0.39, 0.29) is 23.4 Å². The second-order valence-corrected chi connectivity index (χ2v) is 5.60. The van der Waals surface area contributed by atoms with Crippen LogP contribution in [0.15, 0.2) is 24.3 Å². The molecule has 1 aliphatic heterocycles. The molecule has 1 heterocycles. The maximum Gasteiger partial charge on any atom is 0.219 e. The molecule has 0 aromatic heterocycles. The van der Waals surface area contributed by atoms with Gasteiger partial charge in [-0.15, -0.1) is 0 Å². The topological polar surface area (TPSA) is 54.5 Å². The van der Waals surface area contributed by atoms with Gasteiger partial charge in [-0.25, -0.2) is 0 Å². The molecular formula is C16H17NO3. The van der Waals surface area contributed by atoms with Crippen LogP contribution in [-0.4, -0.2) is 35.5 Å². The Kier molecular flexibility index (Phi) is 3.16. The van der Waals surface area contributed by atoms with Gasteiger partial charge in [-0.1, -0.05) is 24.3 Å². The van der Waals surface area contributed by atoms with Gasteiger partial charge in [0.1, 0.15) is 0 Å². The number of amides is 1. The van der Waals surface area contributed by atoms with Crippen molar-refractivity contribution in [2.24, 2.45) is 11.8 Å². The van der Waals surface area contributed by atoms with Crippen molar-refractivity contribution in [1.29, 1.82) is 0 Å². The molecule has 0 N–H and O–H groups in total. The molecule has 1 fully saturated rings. The van der Waals surface area contributed by atoms with Crippen LogP contribution in [0.2, 0.25) is 0 Å². The molecule has 1 aliphatic carbocycles. The number of nitrogens with zero attached hydrogens (tertiary/aromatic N) is 1. The summed E-state index contributed by atoms with van der Waals surface area (Å²) in [7, 11) is 0. The van der Waals surface area contributed by atoms with Crippen molar-refractivity contribution in [3.8, 4) is 0 Å². The van der Waals surface area contributed by atoms with Gasteiger partial charge in [0.15, 0.2) is 11.6 Å². The number of piperidine rings is 1. The third kappa shape index (κ3) is 1.96. The van der Waals surface area contributed by atoms with Gasteiger partial charge >= 0.3 is 0 Å².